The van der Waals surface area contributed by atoms with E-state index in [0.29, 0.717) is 18.7 Å². The highest BCUT2D eigenvalue weighted by molar-refractivity contribution is 5.85. The van der Waals surface area contributed by atoms with E-state index in [4.69, 9.17) is 0 Å². The predicted octanol–water partition coefficient (Wildman–Crippen LogP) is 3.13. The number of carbonyl (C=O) groups is 1. The van der Waals surface area contributed by atoms with Crippen LogP contribution in [-0.2, 0) is 16.4 Å². The molecule has 1 fully saturated rings. The van der Waals surface area contributed by atoms with Crippen LogP contribution >= 0.6 is 12.4 Å². The number of alkyl halides is 3. The zero-order valence-electron chi connectivity index (χ0n) is 13.2. The molecule has 1 atom stereocenters. The molecule has 1 unspecified atom stereocenters. The molecule has 1 aromatic carbocycles. The first-order valence-corrected chi connectivity index (χ1v) is 7.38. The Balaban J connectivity index is 0.00000264. The summed E-state index contributed by atoms with van der Waals surface area (Å²) in [4.78, 5) is 11.9. The van der Waals surface area contributed by atoms with Crippen LogP contribution in [0.4, 0.5) is 13.2 Å². The van der Waals surface area contributed by atoms with E-state index in [9.17, 15) is 18.0 Å². The Hall–Kier alpha value is -1.27. The second-order valence-electron chi connectivity index (χ2n) is 6.04. The van der Waals surface area contributed by atoms with Crippen LogP contribution in [0, 0.1) is 5.92 Å². The Morgan fingerprint density at radius 3 is 2.52 bits per heavy atom. The lowest BCUT2D eigenvalue weighted by Gasteiger charge is -2.20. The monoisotopic (exact) mass is 350 g/mol. The lowest BCUT2D eigenvalue weighted by atomic mass is 9.94. The first kappa shape index (κ1) is 19.8. The van der Waals surface area contributed by atoms with Gasteiger partial charge in [0, 0.05) is 24.4 Å². The quantitative estimate of drug-likeness (QED) is 0.827. The molecule has 0 bridgehead atoms. The first-order valence-electron chi connectivity index (χ1n) is 7.38. The van der Waals surface area contributed by atoms with Gasteiger partial charge in [0.2, 0.25) is 5.91 Å². The summed E-state index contributed by atoms with van der Waals surface area (Å²) in [6, 6.07) is 5.43. The molecule has 0 aromatic heterocycles. The number of carbonyl (C=O) groups excluding carboxylic acids is 1. The Morgan fingerprint density at radius 1 is 1.35 bits per heavy atom. The van der Waals surface area contributed by atoms with Crippen molar-refractivity contribution < 1.29 is 18.0 Å². The topological polar surface area (TPSA) is 41.1 Å². The highest BCUT2D eigenvalue weighted by atomic mass is 35.5. The van der Waals surface area contributed by atoms with Crippen LogP contribution in [-0.4, -0.2) is 26.0 Å². The average Bonchev–Trinajstić information content (AvgIpc) is 3.25. The van der Waals surface area contributed by atoms with E-state index in [-0.39, 0.29) is 29.6 Å². The number of halogens is 4. The maximum Gasteiger partial charge on any atom is 0.416 e. The predicted molar refractivity (Wildman–Crippen MR) is 85.7 cm³/mol. The molecule has 0 saturated heterocycles. The summed E-state index contributed by atoms with van der Waals surface area (Å²) in [6.45, 7) is 2.78. The van der Waals surface area contributed by atoms with Gasteiger partial charge in [-0.1, -0.05) is 25.1 Å². The van der Waals surface area contributed by atoms with Crippen LogP contribution in [0.15, 0.2) is 24.3 Å². The SMILES string of the molecule is CNCC(C)C(=O)NCC1(c2cccc(C(F)(F)F)c2)CC1.Cl. The van der Waals surface area contributed by atoms with E-state index in [2.05, 4.69) is 10.6 Å². The van der Waals surface area contributed by atoms with Crippen LogP contribution in [0.2, 0.25) is 0 Å². The van der Waals surface area contributed by atoms with E-state index < -0.39 is 11.7 Å². The van der Waals surface area contributed by atoms with E-state index in [1.807, 2.05) is 6.92 Å². The van der Waals surface area contributed by atoms with Crippen molar-refractivity contribution >= 4 is 18.3 Å². The molecule has 1 aromatic rings. The van der Waals surface area contributed by atoms with Gasteiger partial charge in [0.25, 0.3) is 0 Å². The standard InChI is InChI=1S/C16H21F3N2O.ClH/c1-11(9-20-2)14(22)21-10-15(6-7-15)12-4-3-5-13(8-12)16(17,18)19;/h3-5,8,11,20H,6-7,9-10H2,1-2H3,(H,21,22);1H. The van der Waals surface area contributed by atoms with Gasteiger partial charge in [0.1, 0.15) is 0 Å². The molecule has 0 spiro atoms. The normalized spacial score (nSPS) is 17.1. The molecule has 0 aliphatic heterocycles. The van der Waals surface area contributed by atoms with Gasteiger partial charge in [-0.25, -0.2) is 0 Å². The Morgan fingerprint density at radius 2 is 2.00 bits per heavy atom. The summed E-state index contributed by atoms with van der Waals surface area (Å²) in [5.74, 6) is -0.241. The van der Waals surface area contributed by atoms with E-state index in [1.54, 1.807) is 13.1 Å². The Bertz CT molecular complexity index is 544. The zero-order chi connectivity index (χ0) is 16.4. The second kappa shape index (κ2) is 7.53. The third-order valence-electron chi connectivity index (χ3n) is 4.21. The summed E-state index contributed by atoms with van der Waals surface area (Å²) < 4.78 is 38.4. The molecule has 23 heavy (non-hydrogen) atoms. The van der Waals surface area contributed by atoms with Crippen molar-refractivity contribution in [3.05, 3.63) is 35.4 Å². The average molecular weight is 351 g/mol. The summed E-state index contributed by atoms with van der Waals surface area (Å²) in [6.07, 6.45) is -2.74. The van der Waals surface area contributed by atoms with Crippen LogP contribution in [0.5, 0.6) is 0 Å². The van der Waals surface area contributed by atoms with Crippen molar-refractivity contribution in [1.82, 2.24) is 10.6 Å². The smallest absolute Gasteiger partial charge is 0.355 e. The molecular weight excluding hydrogens is 329 g/mol. The number of nitrogens with one attached hydrogen (secondary N) is 2. The summed E-state index contributed by atoms with van der Waals surface area (Å²) >= 11 is 0. The Labute approximate surface area is 140 Å². The molecule has 1 aliphatic rings. The van der Waals surface area contributed by atoms with Gasteiger partial charge in [-0.05, 0) is 31.5 Å². The third kappa shape index (κ3) is 4.85. The summed E-state index contributed by atoms with van der Waals surface area (Å²) in [5.41, 5.74) is -0.314. The fourth-order valence-electron chi connectivity index (χ4n) is 2.57. The number of rotatable bonds is 6. The van der Waals surface area contributed by atoms with Gasteiger partial charge < -0.3 is 10.6 Å². The van der Waals surface area contributed by atoms with E-state index >= 15 is 0 Å². The highest BCUT2D eigenvalue weighted by Crippen LogP contribution is 2.48. The van der Waals surface area contributed by atoms with Gasteiger partial charge in [-0.15, -0.1) is 12.4 Å². The minimum absolute atomic E-state index is 0. The largest absolute Gasteiger partial charge is 0.416 e. The fraction of sp³-hybridized carbons (Fsp3) is 0.562. The van der Waals surface area contributed by atoms with Gasteiger partial charge >= 0.3 is 6.18 Å². The van der Waals surface area contributed by atoms with Gasteiger partial charge in [-0.2, -0.15) is 13.2 Å². The lowest BCUT2D eigenvalue weighted by Crippen LogP contribution is -2.38. The van der Waals surface area contributed by atoms with Crippen LogP contribution in [0.3, 0.4) is 0 Å². The molecule has 2 N–H and O–H groups in total. The molecule has 0 heterocycles. The third-order valence-corrected chi connectivity index (χ3v) is 4.21. The fourth-order valence-corrected chi connectivity index (χ4v) is 2.57. The first-order chi connectivity index (χ1) is 10.3. The number of hydrogen-bond donors (Lipinski definition) is 2. The van der Waals surface area contributed by atoms with Crippen molar-refractivity contribution in [2.45, 2.75) is 31.4 Å². The van der Waals surface area contributed by atoms with Crippen molar-refractivity contribution in [3.63, 3.8) is 0 Å². The molecule has 1 saturated carbocycles. The van der Waals surface area contributed by atoms with Crippen molar-refractivity contribution in [2.75, 3.05) is 20.1 Å². The van der Waals surface area contributed by atoms with Crippen molar-refractivity contribution in [1.29, 1.82) is 0 Å². The van der Waals surface area contributed by atoms with Crippen LogP contribution in [0.1, 0.15) is 30.9 Å². The van der Waals surface area contributed by atoms with Crippen molar-refractivity contribution in [3.8, 4) is 0 Å². The number of amides is 1. The maximum atomic E-state index is 12.8. The van der Waals surface area contributed by atoms with Gasteiger partial charge in [-0.3, -0.25) is 4.79 Å². The maximum absolute atomic E-state index is 12.8. The van der Waals surface area contributed by atoms with Crippen molar-refractivity contribution in [2.24, 2.45) is 5.92 Å². The molecule has 0 radical (unpaired) electrons. The summed E-state index contributed by atoms with van der Waals surface area (Å²) in [7, 11) is 1.77. The molecule has 130 valence electrons. The Kier molecular flexibility index (Phi) is 6.48. The van der Waals surface area contributed by atoms with Gasteiger partial charge in [0.05, 0.1) is 5.56 Å². The summed E-state index contributed by atoms with van der Waals surface area (Å²) in [5, 5.41) is 5.80. The molecule has 2 rings (SSSR count). The number of benzene rings is 1. The van der Waals surface area contributed by atoms with E-state index in [0.717, 1.165) is 18.9 Å². The molecule has 1 amide bonds. The molecule has 1 aliphatic carbocycles. The van der Waals surface area contributed by atoms with E-state index in [1.165, 1.54) is 12.1 Å². The highest BCUT2D eigenvalue weighted by Gasteiger charge is 2.45. The second-order valence-corrected chi connectivity index (χ2v) is 6.04. The van der Waals surface area contributed by atoms with Crippen LogP contribution < -0.4 is 10.6 Å². The van der Waals surface area contributed by atoms with Gasteiger partial charge in [0.15, 0.2) is 0 Å². The molecule has 7 heteroatoms. The lowest BCUT2D eigenvalue weighted by molar-refractivity contribution is -0.137. The molecular formula is C16H22ClF3N2O. The minimum atomic E-state index is -4.34. The number of hydrogen-bond acceptors (Lipinski definition) is 2. The zero-order valence-corrected chi connectivity index (χ0v) is 14.0. The molecule has 3 nitrogen and oxygen atoms in total. The van der Waals surface area contributed by atoms with Crippen LogP contribution in [0.25, 0.3) is 0 Å². The minimum Gasteiger partial charge on any atom is -0.355 e.